The van der Waals surface area contributed by atoms with Gasteiger partial charge in [0.1, 0.15) is 0 Å². The Balaban J connectivity index is 1.82. The van der Waals surface area contributed by atoms with Crippen LogP contribution in [0.4, 0.5) is 0 Å². The van der Waals surface area contributed by atoms with Crippen LogP contribution in [0, 0.1) is 0 Å². The number of aryl methyl sites for hydroxylation is 3. The molecule has 26 heavy (non-hydrogen) atoms. The molecule has 0 unspecified atom stereocenters. The van der Waals surface area contributed by atoms with Gasteiger partial charge in [0, 0.05) is 21.4 Å². The Bertz CT molecular complexity index is 838. The largest absolute Gasteiger partial charge is 0.257 e. The summed E-state index contributed by atoms with van der Waals surface area (Å²) in [4.78, 5) is 5.01. The lowest BCUT2D eigenvalue weighted by Gasteiger charge is -2.12. The molecule has 0 amide bonds. The minimum absolute atomic E-state index is 0.971. The van der Waals surface area contributed by atoms with Gasteiger partial charge in [0.05, 0.1) is 0 Å². The minimum atomic E-state index is 0.971. The maximum absolute atomic E-state index is 5.01. The van der Waals surface area contributed by atoms with Gasteiger partial charge in [0.15, 0.2) is 0 Å². The summed E-state index contributed by atoms with van der Waals surface area (Å²) in [5.74, 6) is 0. The Labute approximate surface area is 164 Å². The third-order valence-corrected chi connectivity index (χ3v) is 5.05. The summed E-state index contributed by atoms with van der Waals surface area (Å²) in [6.45, 7) is 3.84. The molecule has 1 nitrogen and oxygen atoms in total. The van der Waals surface area contributed by atoms with Crippen molar-refractivity contribution < 1.29 is 0 Å². The lowest BCUT2D eigenvalue weighted by molar-refractivity contribution is 0.803. The molecular weight excluding hydrogens is 382 g/mol. The number of hydrogen-bond acceptors (Lipinski definition) is 1. The van der Waals surface area contributed by atoms with Crippen molar-refractivity contribution in [3.63, 3.8) is 0 Å². The number of aromatic nitrogens is 1. The maximum atomic E-state index is 5.01. The van der Waals surface area contributed by atoms with Gasteiger partial charge in [-0.1, -0.05) is 70.5 Å². The Morgan fingerprint density at radius 2 is 1.62 bits per heavy atom. The minimum Gasteiger partial charge on any atom is -0.257 e. The number of rotatable bonds is 8. The molecule has 0 aliphatic heterocycles. The van der Waals surface area contributed by atoms with Crippen molar-refractivity contribution in [1.82, 2.24) is 4.98 Å². The number of halogens is 1. The lowest BCUT2D eigenvalue weighted by atomic mass is 9.99. The van der Waals surface area contributed by atoms with E-state index in [0.717, 1.165) is 36.6 Å². The fourth-order valence-corrected chi connectivity index (χ4v) is 3.36. The van der Waals surface area contributed by atoms with E-state index in [1.807, 2.05) is 6.08 Å². The second kappa shape index (κ2) is 9.49. The third kappa shape index (κ3) is 5.15. The summed E-state index contributed by atoms with van der Waals surface area (Å²) in [7, 11) is 0. The van der Waals surface area contributed by atoms with Crippen molar-refractivity contribution in [1.29, 1.82) is 0 Å². The topological polar surface area (TPSA) is 12.9 Å². The standard InChI is InChI=1S/C24H24BrN/c1-2-3-5-10-24-23(20-12-14-21(25)15-13-20)18-17-22(26-24)16-11-19-8-6-4-7-9-19/h2,4,6-9,12-15,17-18H,1,3,5,10-11,16H2. The molecular formula is C24H24BrN. The monoisotopic (exact) mass is 405 g/mol. The number of benzene rings is 2. The number of pyridine rings is 1. The van der Waals surface area contributed by atoms with Crippen LogP contribution in [0.15, 0.2) is 83.9 Å². The fraction of sp³-hybridized carbons (Fsp3) is 0.208. The Kier molecular flexibility index (Phi) is 6.79. The Hall–Kier alpha value is -2.19. The molecule has 2 heteroatoms. The first-order valence-electron chi connectivity index (χ1n) is 9.16. The molecule has 0 atom stereocenters. The maximum Gasteiger partial charge on any atom is 0.0485 e. The van der Waals surface area contributed by atoms with Gasteiger partial charge in [-0.25, -0.2) is 0 Å². The van der Waals surface area contributed by atoms with E-state index in [1.165, 1.54) is 28.1 Å². The molecule has 0 spiro atoms. The SMILES string of the molecule is C=CCCCc1nc(CCc2ccccc2)ccc1-c1ccc(Br)cc1. The molecule has 2 aromatic carbocycles. The van der Waals surface area contributed by atoms with Gasteiger partial charge >= 0.3 is 0 Å². The zero-order chi connectivity index (χ0) is 18.2. The normalized spacial score (nSPS) is 10.7. The van der Waals surface area contributed by atoms with Gasteiger partial charge in [-0.2, -0.15) is 0 Å². The second-order valence-corrected chi connectivity index (χ2v) is 7.39. The molecule has 0 aliphatic carbocycles. The molecule has 0 saturated carbocycles. The first-order valence-corrected chi connectivity index (χ1v) is 9.95. The van der Waals surface area contributed by atoms with Crippen LogP contribution in [-0.4, -0.2) is 4.98 Å². The predicted molar refractivity (Wildman–Crippen MR) is 114 cm³/mol. The van der Waals surface area contributed by atoms with E-state index in [9.17, 15) is 0 Å². The van der Waals surface area contributed by atoms with Gasteiger partial charge < -0.3 is 0 Å². The third-order valence-electron chi connectivity index (χ3n) is 4.52. The zero-order valence-corrected chi connectivity index (χ0v) is 16.6. The van der Waals surface area contributed by atoms with Crippen LogP contribution >= 0.6 is 15.9 Å². The van der Waals surface area contributed by atoms with E-state index in [0.29, 0.717) is 0 Å². The predicted octanol–water partition coefficient (Wildman–Crippen LogP) is 6.81. The fourth-order valence-electron chi connectivity index (χ4n) is 3.10. The molecule has 0 fully saturated rings. The van der Waals surface area contributed by atoms with Crippen LogP contribution in [0.5, 0.6) is 0 Å². The molecule has 0 radical (unpaired) electrons. The van der Waals surface area contributed by atoms with Crippen LogP contribution in [0.3, 0.4) is 0 Å². The van der Waals surface area contributed by atoms with Crippen LogP contribution in [0.2, 0.25) is 0 Å². The second-order valence-electron chi connectivity index (χ2n) is 6.47. The summed E-state index contributed by atoms with van der Waals surface area (Å²) in [6, 6.07) is 23.5. The van der Waals surface area contributed by atoms with E-state index in [1.54, 1.807) is 0 Å². The number of allylic oxidation sites excluding steroid dienone is 1. The molecule has 0 aliphatic rings. The van der Waals surface area contributed by atoms with Gasteiger partial charge in [0.2, 0.25) is 0 Å². The Morgan fingerprint density at radius 1 is 0.846 bits per heavy atom. The molecule has 3 rings (SSSR count). The summed E-state index contributed by atoms with van der Waals surface area (Å²) in [5.41, 5.74) is 6.19. The summed E-state index contributed by atoms with van der Waals surface area (Å²) < 4.78 is 1.10. The molecule has 0 saturated heterocycles. The van der Waals surface area contributed by atoms with Crippen molar-refractivity contribution in [3.8, 4) is 11.1 Å². The molecule has 0 N–H and O–H groups in total. The van der Waals surface area contributed by atoms with Crippen LogP contribution in [0.1, 0.15) is 29.8 Å². The quantitative estimate of drug-likeness (QED) is 0.296. The average Bonchev–Trinajstić information content (AvgIpc) is 2.68. The highest BCUT2D eigenvalue weighted by Crippen LogP contribution is 2.26. The van der Waals surface area contributed by atoms with E-state index in [4.69, 9.17) is 4.98 Å². The van der Waals surface area contributed by atoms with E-state index >= 15 is 0 Å². The van der Waals surface area contributed by atoms with Gasteiger partial charge in [0.25, 0.3) is 0 Å². The highest BCUT2D eigenvalue weighted by Gasteiger charge is 2.09. The van der Waals surface area contributed by atoms with Crippen molar-refractivity contribution >= 4 is 15.9 Å². The van der Waals surface area contributed by atoms with E-state index in [-0.39, 0.29) is 0 Å². The first-order chi connectivity index (χ1) is 12.8. The van der Waals surface area contributed by atoms with Crippen molar-refractivity contribution in [2.75, 3.05) is 0 Å². The van der Waals surface area contributed by atoms with Crippen molar-refractivity contribution in [2.24, 2.45) is 0 Å². The van der Waals surface area contributed by atoms with Crippen LogP contribution < -0.4 is 0 Å². The highest BCUT2D eigenvalue weighted by molar-refractivity contribution is 9.10. The van der Waals surface area contributed by atoms with Crippen LogP contribution in [0.25, 0.3) is 11.1 Å². The summed E-state index contributed by atoms with van der Waals surface area (Å²) >= 11 is 3.52. The lowest BCUT2D eigenvalue weighted by Crippen LogP contribution is -2.01. The smallest absolute Gasteiger partial charge is 0.0485 e. The van der Waals surface area contributed by atoms with E-state index in [2.05, 4.69) is 89.2 Å². The van der Waals surface area contributed by atoms with Gasteiger partial charge in [-0.15, -0.1) is 6.58 Å². The summed E-state index contributed by atoms with van der Waals surface area (Å²) in [6.07, 6.45) is 7.07. The molecule has 132 valence electrons. The van der Waals surface area contributed by atoms with Crippen molar-refractivity contribution in [3.05, 3.63) is 101 Å². The number of unbranched alkanes of at least 4 members (excludes halogenated alkanes) is 1. The number of nitrogens with zero attached hydrogens (tertiary/aromatic N) is 1. The van der Waals surface area contributed by atoms with E-state index < -0.39 is 0 Å². The zero-order valence-electron chi connectivity index (χ0n) is 15.0. The molecule has 0 bridgehead atoms. The molecule has 3 aromatic rings. The average molecular weight is 406 g/mol. The molecule has 1 heterocycles. The van der Waals surface area contributed by atoms with Crippen LogP contribution in [-0.2, 0) is 19.3 Å². The van der Waals surface area contributed by atoms with Gasteiger partial charge in [-0.3, -0.25) is 4.98 Å². The molecule has 1 aromatic heterocycles. The number of hydrogen-bond donors (Lipinski definition) is 0. The summed E-state index contributed by atoms with van der Waals surface area (Å²) in [5, 5.41) is 0. The van der Waals surface area contributed by atoms with Crippen molar-refractivity contribution in [2.45, 2.75) is 32.1 Å². The Morgan fingerprint density at radius 3 is 2.35 bits per heavy atom. The highest BCUT2D eigenvalue weighted by atomic mass is 79.9. The van der Waals surface area contributed by atoms with Gasteiger partial charge in [-0.05, 0) is 61.4 Å². The first kappa shape index (κ1) is 18.6.